The predicted octanol–water partition coefficient (Wildman–Crippen LogP) is 1.99. The molecule has 0 aliphatic carbocycles. The lowest BCUT2D eigenvalue weighted by Gasteiger charge is -2.31. The molecule has 0 bridgehead atoms. The summed E-state index contributed by atoms with van der Waals surface area (Å²) in [5, 5.41) is 3.48. The van der Waals surface area contributed by atoms with Gasteiger partial charge in [-0.25, -0.2) is 0 Å². The van der Waals surface area contributed by atoms with Crippen molar-refractivity contribution in [1.29, 1.82) is 0 Å². The zero-order chi connectivity index (χ0) is 12.1. The van der Waals surface area contributed by atoms with E-state index in [1.54, 1.807) is 7.11 Å². The number of likely N-dealkylation sites (tertiary alicyclic amines) is 1. The largest absolute Gasteiger partial charge is 0.481 e. The molecule has 0 spiro atoms. The van der Waals surface area contributed by atoms with Crippen LogP contribution >= 0.6 is 0 Å². The molecule has 0 unspecified atom stereocenters. The molecule has 1 aromatic heterocycles. The quantitative estimate of drug-likeness (QED) is 0.866. The third-order valence-corrected chi connectivity index (χ3v) is 3.32. The standard InChI is InChI=1S/C13H21N3O/c1-3-16-9-7-11(8-10-16)14-12-5-4-6-13(15-12)17-2/h4-6,11H,3,7-10H2,1-2H3,(H,14,15). The Labute approximate surface area is 103 Å². The van der Waals surface area contributed by atoms with Crippen LogP contribution < -0.4 is 10.1 Å². The summed E-state index contributed by atoms with van der Waals surface area (Å²) >= 11 is 0. The van der Waals surface area contributed by atoms with Crippen molar-refractivity contribution in [2.45, 2.75) is 25.8 Å². The molecule has 0 saturated carbocycles. The summed E-state index contributed by atoms with van der Waals surface area (Å²) in [4.78, 5) is 6.86. The molecule has 94 valence electrons. The Hall–Kier alpha value is -1.29. The summed E-state index contributed by atoms with van der Waals surface area (Å²) in [5.41, 5.74) is 0. The van der Waals surface area contributed by atoms with E-state index in [1.807, 2.05) is 18.2 Å². The fourth-order valence-electron chi connectivity index (χ4n) is 2.21. The lowest BCUT2D eigenvalue weighted by molar-refractivity contribution is 0.229. The fraction of sp³-hybridized carbons (Fsp3) is 0.615. The highest BCUT2D eigenvalue weighted by Gasteiger charge is 2.17. The van der Waals surface area contributed by atoms with Crippen LogP contribution in [-0.4, -0.2) is 42.7 Å². The van der Waals surface area contributed by atoms with E-state index in [2.05, 4.69) is 22.1 Å². The summed E-state index contributed by atoms with van der Waals surface area (Å²) in [6.45, 7) is 5.73. The monoisotopic (exact) mass is 235 g/mol. The van der Waals surface area contributed by atoms with Gasteiger partial charge in [-0.1, -0.05) is 13.0 Å². The third-order valence-electron chi connectivity index (χ3n) is 3.32. The van der Waals surface area contributed by atoms with Gasteiger partial charge in [-0.05, 0) is 25.5 Å². The van der Waals surface area contributed by atoms with Crippen molar-refractivity contribution in [3.8, 4) is 5.88 Å². The zero-order valence-electron chi connectivity index (χ0n) is 10.6. The van der Waals surface area contributed by atoms with Crippen molar-refractivity contribution in [2.75, 3.05) is 32.1 Å². The molecule has 1 aliphatic heterocycles. The molecule has 1 saturated heterocycles. The molecule has 1 aromatic rings. The average Bonchev–Trinajstić information content (AvgIpc) is 2.40. The first-order valence-electron chi connectivity index (χ1n) is 6.31. The van der Waals surface area contributed by atoms with Gasteiger partial charge in [0, 0.05) is 25.2 Å². The molecule has 1 N–H and O–H groups in total. The number of aromatic nitrogens is 1. The number of ether oxygens (including phenoxy) is 1. The second-order valence-electron chi connectivity index (χ2n) is 4.42. The SMILES string of the molecule is CCN1CCC(Nc2cccc(OC)n2)CC1. The molecule has 17 heavy (non-hydrogen) atoms. The summed E-state index contributed by atoms with van der Waals surface area (Å²) in [5.74, 6) is 1.58. The smallest absolute Gasteiger partial charge is 0.214 e. The van der Waals surface area contributed by atoms with Crippen LogP contribution in [0.3, 0.4) is 0 Å². The number of piperidine rings is 1. The van der Waals surface area contributed by atoms with Crippen LogP contribution in [0, 0.1) is 0 Å². The van der Waals surface area contributed by atoms with E-state index in [4.69, 9.17) is 4.74 Å². The first-order valence-corrected chi connectivity index (χ1v) is 6.31. The van der Waals surface area contributed by atoms with Gasteiger partial charge in [-0.15, -0.1) is 0 Å². The zero-order valence-corrected chi connectivity index (χ0v) is 10.6. The minimum atomic E-state index is 0.539. The van der Waals surface area contributed by atoms with Crippen molar-refractivity contribution in [2.24, 2.45) is 0 Å². The topological polar surface area (TPSA) is 37.4 Å². The molecule has 0 amide bonds. The van der Waals surface area contributed by atoms with Gasteiger partial charge in [0.05, 0.1) is 7.11 Å². The summed E-state index contributed by atoms with van der Waals surface area (Å²) in [6, 6.07) is 6.37. The van der Waals surface area contributed by atoms with Crippen molar-refractivity contribution >= 4 is 5.82 Å². The van der Waals surface area contributed by atoms with Crippen LogP contribution in [0.25, 0.3) is 0 Å². The van der Waals surface area contributed by atoms with E-state index in [-0.39, 0.29) is 0 Å². The Bertz CT molecular complexity index is 348. The highest BCUT2D eigenvalue weighted by Crippen LogP contribution is 2.17. The number of methoxy groups -OCH3 is 1. The van der Waals surface area contributed by atoms with Crippen molar-refractivity contribution < 1.29 is 4.74 Å². The number of rotatable bonds is 4. The molecule has 2 rings (SSSR count). The third kappa shape index (κ3) is 3.33. The van der Waals surface area contributed by atoms with Gasteiger partial charge in [0.1, 0.15) is 5.82 Å². The van der Waals surface area contributed by atoms with Gasteiger partial charge in [0.2, 0.25) is 5.88 Å². The number of anilines is 1. The van der Waals surface area contributed by atoms with Crippen LogP contribution in [0.4, 0.5) is 5.82 Å². The highest BCUT2D eigenvalue weighted by molar-refractivity contribution is 5.38. The van der Waals surface area contributed by atoms with Crippen LogP contribution in [0.1, 0.15) is 19.8 Å². The van der Waals surface area contributed by atoms with Crippen LogP contribution in [0.5, 0.6) is 5.88 Å². The normalized spacial score (nSPS) is 18.0. The molecular formula is C13H21N3O. The van der Waals surface area contributed by atoms with Crippen molar-refractivity contribution in [3.05, 3.63) is 18.2 Å². The average molecular weight is 235 g/mol. The Balaban J connectivity index is 1.88. The number of hydrogen-bond acceptors (Lipinski definition) is 4. The number of hydrogen-bond donors (Lipinski definition) is 1. The maximum Gasteiger partial charge on any atom is 0.214 e. The van der Waals surface area contributed by atoms with Crippen LogP contribution in [0.2, 0.25) is 0 Å². The van der Waals surface area contributed by atoms with Crippen molar-refractivity contribution in [3.63, 3.8) is 0 Å². The lowest BCUT2D eigenvalue weighted by atomic mass is 10.1. The highest BCUT2D eigenvalue weighted by atomic mass is 16.5. The van der Waals surface area contributed by atoms with Gasteiger partial charge >= 0.3 is 0 Å². The molecule has 0 radical (unpaired) electrons. The summed E-state index contributed by atoms with van der Waals surface area (Å²) < 4.78 is 5.12. The van der Waals surface area contributed by atoms with E-state index in [0.29, 0.717) is 11.9 Å². The minimum Gasteiger partial charge on any atom is -0.481 e. The predicted molar refractivity (Wildman–Crippen MR) is 69.5 cm³/mol. The Morgan fingerprint density at radius 1 is 1.41 bits per heavy atom. The number of pyridine rings is 1. The van der Waals surface area contributed by atoms with Crippen LogP contribution in [0.15, 0.2) is 18.2 Å². The molecule has 1 fully saturated rings. The first-order chi connectivity index (χ1) is 8.31. The fourth-order valence-corrected chi connectivity index (χ4v) is 2.21. The summed E-state index contributed by atoms with van der Waals surface area (Å²) in [7, 11) is 1.64. The van der Waals surface area contributed by atoms with E-state index in [1.165, 1.54) is 25.9 Å². The molecule has 4 heteroatoms. The Kier molecular flexibility index (Phi) is 4.20. The van der Waals surface area contributed by atoms with Gasteiger partial charge < -0.3 is 15.0 Å². The maximum atomic E-state index is 5.12. The molecule has 1 aliphatic rings. The first kappa shape index (κ1) is 12.2. The van der Waals surface area contributed by atoms with Gasteiger partial charge in [0.15, 0.2) is 0 Å². The van der Waals surface area contributed by atoms with E-state index in [0.717, 1.165) is 12.4 Å². The lowest BCUT2D eigenvalue weighted by Crippen LogP contribution is -2.38. The second kappa shape index (κ2) is 5.87. The van der Waals surface area contributed by atoms with Gasteiger partial charge in [-0.2, -0.15) is 4.98 Å². The molecule has 0 atom stereocenters. The Morgan fingerprint density at radius 3 is 2.82 bits per heavy atom. The van der Waals surface area contributed by atoms with Crippen molar-refractivity contribution in [1.82, 2.24) is 9.88 Å². The Morgan fingerprint density at radius 2 is 2.18 bits per heavy atom. The van der Waals surface area contributed by atoms with E-state index in [9.17, 15) is 0 Å². The minimum absolute atomic E-state index is 0.539. The van der Waals surface area contributed by atoms with E-state index >= 15 is 0 Å². The number of nitrogens with zero attached hydrogens (tertiary/aromatic N) is 2. The van der Waals surface area contributed by atoms with Crippen LogP contribution in [-0.2, 0) is 0 Å². The van der Waals surface area contributed by atoms with Gasteiger partial charge in [-0.3, -0.25) is 0 Å². The molecular weight excluding hydrogens is 214 g/mol. The number of nitrogens with one attached hydrogen (secondary N) is 1. The maximum absolute atomic E-state index is 5.12. The molecule has 2 heterocycles. The second-order valence-corrected chi connectivity index (χ2v) is 4.42. The summed E-state index contributed by atoms with van der Waals surface area (Å²) in [6.07, 6.45) is 2.37. The molecule has 0 aromatic carbocycles. The van der Waals surface area contributed by atoms with Gasteiger partial charge in [0.25, 0.3) is 0 Å². The van der Waals surface area contributed by atoms with E-state index < -0.39 is 0 Å². The molecule has 4 nitrogen and oxygen atoms in total.